The highest BCUT2D eigenvalue weighted by Crippen LogP contribution is 2.19. The molecule has 2 atom stereocenters. The number of carbonyl (C=O) groups excluding carboxylic acids is 1. The molecular weight excluding hydrogens is 180 g/mol. The van der Waals surface area contributed by atoms with Gasteiger partial charge in [0.2, 0.25) is 5.91 Å². The van der Waals surface area contributed by atoms with Crippen LogP contribution in [0, 0.1) is 5.92 Å². The van der Waals surface area contributed by atoms with E-state index in [1.807, 2.05) is 4.90 Å². The molecule has 0 aliphatic carbocycles. The Balaban J connectivity index is 2.05. The lowest BCUT2D eigenvalue weighted by atomic mass is 10.1. The Bertz CT molecular complexity index is 230. The van der Waals surface area contributed by atoms with Crippen LogP contribution < -0.4 is 5.32 Å². The third-order valence-corrected chi connectivity index (χ3v) is 2.83. The number of fused-ring (bicyclic) bond motifs is 1. The topological polar surface area (TPSA) is 41.6 Å². The number of morpholine rings is 1. The second-order valence-corrected chi connectivity index (χ2v) is 4.51. The molecule has 0 radical (unpaired) electrons. The summed E-state index contributed by atoms with van der Waals surface area (Å²) in [6.07, 6.45) is 0.214. The smallest absolute Gasteiger partial charge is 0.248 e. The predicted octanol–water partition coefficient (Wildman–Crippen LogP) is -0.158. The van der Waals surface area contributed by atoms with E-state index in [1.165, 1.54) is 0 Å². The normalized spacial score (nSPS) is 32.5. The van der Waals surface area contributed by atoms with Crippen molar-refractivity contribution in [3.05, 3.63) is 0 Å². The fraction of sp³-hybridized carbons (Fsp3) is 0.900. The fourth-order valence-electron chi connectivity index (χ4n) is 2.20. The molecule has 0 saturated carbocycles. The Kier molecular flexibility index (Phi) is 2.74. The fourth-order valence-corrected chi connectivity index (χ4v) is 2.20. The van der Waals surface area contributed by atoms with E-state index in [4.69, 9.17) is 4.74 Å². The summed E-state index contributed by atoms with van der Waals surface area (Å²) in [6, 6.07) is 0.263. The van der Waals surface area contributed by atoms with Crippen LogP contribution in [0.5, 0.6) is 0 Å². The van der Waals surface area contributed by atoms with E-state index in [0.717, 1.165) is 19.6 Å². The number of nitrogens with zero attached hydrogens (tertiary/aromatic N) is 1. The summed E-state index contributed by atoms with van der Waals surface area (Å²) < 4.78 is 5.47. The summed E-state index contributed by atoms with van der Waals surface area (Å²) in [7, 11) is 0. The van der Waals surface area contributed by atoms with E-state index in [9.17, 15) is 4.79 Å². The minimum atomic E-state index is 0.142. The molecule has 4 nitrogen and oxygen atoms in total. The Labute approximate surface area is 84.6 Å². The molecule has 2 heterocycles. The summed E-state index contributed by atoms with van der Waals surface area (Å²) >= 11 is 0. The number of amides is 1. The van der Waals surface area contributed by atoms with Gasteiger partial charge in [-0.3, -0.25) is 4.79 Å². The van der Waals surface area contributed by atoms with E-state index in [1.54, 1.807) is 0 Å². The first-order valence-corrected chi connectivity index (χ1v) is 5.30. The number of nitrogens with one attached hydrogen (secondary N) is 1. The van der Waals surface area contributed by atoms with Crippen LogP contribution >= 0.6 is 0 Å². The molecule has 1 amide bonds. The van der Waals surface area contributed by atoms with Gasteiger partial charge in [0.25, 0.3) is 0 Å². The summed E-state index contributed by atoms with van der Waals surface area (Å²) in [5.41, 5.74) is 0. The van der Waals surface area contributed by atoms with Gasteiger partial charge in [-0.1, -0.05) is 13.8 Å². The summed E-state index contributed by atoms with van der Waals surface area (Å²) in [6.45, 7) is 7.15. The first-order valence-electron chi connectivity index (χ1n) is 5.30. The highest BCUT2D eigenvalue weighted by atomic mass is 16.5. The largest absolute Gasteiger partial charge is 0.365 e. The van der Waals surface area contributed by atoms with E-state index >= 15 is 0 Å². The van der Waals surface area contributed by atoms with Crippen LogP contribution in [0.25, 0.3) is 0 Å². The molecular formula is C10H18N2O2. The molecule has 0 bridgehead atoms. The van der Waals surface area contributed by atoms with Gasteiger partial charge >= 0.3 is 0 Å². The summed E-state index contributed by atoms with van der Waals surface area (Å²) in [5.74, 6) is 0.668. The van der Waals surface area contributed by atoms with Crippen LogP contribution in [0.1, 0.15) is 13.8 Å². The zero-order valence-corrected chi connectivity index (χ0v) is 8.82. The lowest BCUT2D eigenvalue weighted by Crippen LogP contribution is -2.55. The van der Waals surface area contributed by atoms with Crippen LogP contribution in [0.2, 0.25) is 0 Å². The van der Waals surface area contributed by atoms with Gasteiger partial charge in [0.1, 0.15) is 6.61 Å². The zero-order valence-electron chi connectivity index (χ0n) is 8.82. The number of hydrogen-bond donors (Lipinski definition) is 1. The first-order chi connectivity index (χ1) is 6.68. The van der Waals surface area contributed by atoms with E-state index in [-0.39, 0.29) is 24.7 Å². The monoisotopic (exact) mass is 198 g/mol. The van der Waals surface area contributed by atoms with Crippen molar-refractivity contribution in [2.75, 3.05) is 26.2 Å². The van der Waals surface area contributed by atoms with E-state index < -0.39 is 0 Å². The average Bonchev–Trinajstić information content (AvgIpc) is 2.57. The number of hydrogen-bond acceptors (Lipinski definition) is 3. The van der Waals surface area contributed by atoms with Crippen molar-refractivity contribution >= 4 is 5.91 Å². The van der Waals surface area contributed by atoms with Gasteiger partial charge in [0.05, 0.1) is 12.1 Å². The summed E-state index contributed by atoms with van der Waals surface area (Å²) in [5, 5.41) is 3.27. The van der Waals surface area contributed by atoms with Gasteiger partial charge in [-0.2, -0.15) is 0 Å². The third-order valence-electron chi connectivity index (χ3n) is 2.83. The zero-order chi connectivity index (χ0) is 10.1. The van der Waals surface area contributed by atoms with Gasteiger partial charge in [-0.05, 0) is 5.92 Å². The minimum Gasteiger partial charge on any atom is -0.365 e. The summed E-state index contributed by atoms with van der Waals surface area (Å²) in [4.78, 5) is 13.6. The Morgan fingerprint density at radius 1 is 1.57 bits per heavy atom. The van der Waals surface area contributed by atoms with Gasteiger partial charge < -0.3 is 15.0 Å². The first kappa shape index (κ1) is 9.93. The molecule has 4 heteroatoms. The molecule has 0 unspecified atom stereocenters. The van der Waals surface area contributed by atoms with Crippen molar-refractivity contribution < 1.29 is 9.53 Å². The van der Waals surface area contributed by atoms with Gasteiger partial charge in [0, 0.05) is 19.6 Å². The molecule has 14 heavy (non-hydrogen) atoms. The van der Waals surface area contributed by atoms with Crippen molar-refractivity contribution in [3.63, 3.8) is 0 Å². The molecule has 0 aromatic rings. The molecule has 0 aromatic carbocycles. The molecule has 80 valence electrons. The van der Waals surface area contributed by atoms with Crippen molar-refractivity contribution in [1.82, 2.24) is 10.2 Å². The van der Waals surface area contributed by atoms with Crippen LogP contribution in [0.4, 0.5) is 0 Å². The van der Waals surface area contributed by atoms with E-state index in [2.05, 4.69) is 19.2 Å². The third kappa shape index (κ3) is 1.77. The van der Waals surface area contributed by atoms with E-state index in [0.29, 0.717) is 5.92 Å². The van der Waals surface area contributed by atoms with Gasteiger partial charge in [-0.15, -0.1) is 0 Å². The SMILES string of the molecule is CC(C)CN1C(=O)CO[C@@H]2CNC[C@H]21. The molecule has 0 aromatic heterocycles. The Morgan fingerprint density at radius 2 is 2.36 bits per heavy atom. The Morgan fingerprint density at radius 3 is 3.07 bits per heavy atom. The molecule has 2 aliphatic rings. The van der Waals surface area contributed by atoms with Crippen molar-refractivity contribution in [2.24, 2.45) is 5.92 Å². The van der Waals surface area contributed by atoms with Crippen LogP contribution in [0.15, 0.2) is 0 Å². The number of rotatable bonds is 2. The second-order valence-electron chi connectivity index (χ2n) is 4.51. The van der Waals surface area contributed by atoms with Gasteiger partial charge in [-0.25, -0.2) is 0 Å². The second kappa shape index (κ2) is 3.87. The Hall–Kier alpha value is -0.610. The number of carbonyl (C=O) groups is 1. The highest BCUT2D eigenvalue weighted by molar-refractivity contribution is 5.78. The molecule has 2 saturated heterocycles. The molecule has 1 N–H and O–H groups in total. The number of ether oxygens (including phenoxy) is 1. The van der Waals surface area contributed by atoms with Crippen LogP contribution in [-0.2, 0) is 9.53 Å². The molecule has 2 rings (SSSR count). The molecule has 2 aliphatic heterocycles. The van der Waals surface area contributed by atoms with Crippen molar-refractivity contribution in [1.29, 1.82) is 0 Å². The standard InChI is InChI=1S/C10H18N2O2/c1-7(2)5-12-8-3-11-4-9(8)14-6-10(12)13/h7-9,11H,3-6H2,1-2H3/t8-,9-/m1/s1. The lowest BCUT2D eigenvalue weighted by Gasteiger charge is -2.37. The maximum atomic E-state index is 11.6. The molecule has 0 spiro atoms. The predicted molar refractivity (Wildman–Crippen MR) is 52.9 cm³/mol. The minimum absolute atomic E-state index is 0.142. The quantitative estimate of drug-likeness (QED) is 0.670. The average molecular weight is 198 g/mol. The maximum absolute atomic E-state index is 11.6. The highest BCUT2D eigenvalue weighted by Gasteiger charge is 2.39. The van der Waals surface area contributed by atoms with Crippen molar-refractivity contribution in [3.8, 4) is 0 Å². The van der Waals surface area contributed by atoms with Crippen LogP contribution in [0.3, 0.4) is 0 Å². The van der Waals surface area contributed by atoms with Gasteiger partial charge in [0.15, 0.2) is 0 Å². The lowest BCUT2D eigenvalue weighted by molar-refractivity contribution is -0.153. The maximum Gasteiger partial charge on any atom is 0.248 e. The van der Waals surface area contributed by atoms with Crippen LogP contribution in [-0.4, -0.2) is 49.2 Å². The van der Waals surface area contributed by atoms with Crippen molar-refractivity contribution in [2.45, 2.75) is 26.0 Å². The molecule has 2 fully saturated rings.